The number of hydrogen-bond donors (Lipinski definition) is 0. The number of halogens is 1. The molecule has 1 saturated heterocycles. The Labute approximate surface area is 112 Å². The van der Waals surface area contributed by atoms with Gasteiger partial charge in [0, 0.05) is 24.5 Å². The van der Waals surface area contributed by atoms with Gasteiger partial charge in [0.05, 0.1) is 0 Å². The average molecular weight is 304 g/mol. The van der Waals surface area contributed by atoms with Gasteiger partial charge in [0.1, 0.15) is 6.10 Å². The van der Waals surface area contributed by atoms with Gasteiger partial charge in [-0.1, -0.05) is 22.9 Å². The number of carbonyl (C=O) groups excluding carboxylic acids is 1. The second-order valence-electron chi connectivity index (χ2n) is 5.22. The van der Waals surface area contributed by atoms with Crippen LogP contribution in [0.2, 0.25) is 0 Å². The molecule has 2 aliphatic rings. The number of hydrogen-bond acceptors (Lipinski definition) is 2. The Balaban J connectivity index is 1.95. The molecule has 17 heavy (non-hydrogen) atoms. The Kier molecular flexibility index (Phi) is 4.86. The van der Waals surface area contributed by atoms with Crippen molar-refractivity contribution in [3.05, 3.63) is 0 Å². The van der Waals surface area contributed by atoms with E-state index in [1.165, 1.54) is 19.3 Å². The summed E-state index contributed by atoms with van der Waals surface area (Å²) in [5.41, 5.74) is 0. The predicted molar refractivity (Wildman–Crippen MR) is 71.3 cm³/mol. The molecule has 1 aliphatic carbocycles. The number of nitrogens with zero attached hydrogens (tertiary/aromatic N) is 1. The van der Waals surface area contributed by atoms with Crippen molar-refractivity contribution >= 4 is 21.8 Å². The van der Waals surface area contributed by atoms with E-state index in [4.69, 9.17) is 4.74 Å². The summed E-state index contributed by atoms with van der Waals surface area (Å²) >= 11 is 3.44. The van der Waals surface area contributed by atoms with Crippen molar-refractivity contribution in [3.8, 4) is 0 Å². The summed E-state index contributed by atoms with van der Waals surface area (Å²) in [5, 5.41) is 0.963. The minimum absolute atomic E-state index is 0.175. The highest BCUT2D eigenvalue weighted by Gasteiger charge is 2.37. The molecule has 3 nitrogen and oxygen atoms in total. The zero-order valence-electron chi connectivity index (χ0n) is 10.5. The first-order valence-electron chi connectivity index (χ1n) is 6.72. The van der Waals surface area contributed by atoms with Crippen molar-refractivity contribution in [2.45, 2.75) is 51.2 Å². The van der Waals surface area contributed by atoms with Crippen LogP contribution < -0.4 is 0 Å². The van der Waals surface area contributed by atoms with Gasteiger partial charge in [0.2, 0.25) is 0 Å². The van der Waals surface area contributed by atoms with Gasteiger partial charge < -0.3 is 9.64 Å². The van der Waals surface area contributed by atoms with Gasteiger partial charge in [-0.3, -0.25) is 4.79 Å². The van der Waals surface area contributed by atoms with Gasteiger partial charge in [0.25, 0.3) is 5.91 Å². The van der Waals surface area contributed by atoms with Crippen molar-refractivity contribution in [1.29, 1.82) is 0 Å². The highest BCUT2D eigenvalue weighted by molar-refractivity contribution is 9.09. The maximum Gasteiger partial charge on any atom is 0.252 e. The normalized spacial score (nSPS) is 29.1. The Hall–Kier alpha value is -0.0900. The summed E-state index contributed by atoms with van der Waals surface area (Å²) in [7, 11) is 0. The quantitative estimate of drug-likeness (QED) is 0.731. The lowest BCUT2D eigenvalue weighted by Gasteiger charge is -2.39. The molecule has 2 unspecified atom stereocenters. The fourth-order valence-corrected chi connectivity index (χ4v) is 2.83. The molecule has 0 aromatic heterocycles. The summed E-state index contributed by atoms with van der Waals surface area (Å²) in [6.07, 6.45) is 5.50. The maximum absolute atomic E-state index is 12.5. The van der Waals surface area contributed by atoms with Crippen molar-refractivity contribution in [3.63, 3.8) is 0 Å². The van der Waals surface area contributed by atoms with Gasteiger partial charge >= 0.3 is 0 Å². The SMILES string of the molecule is CC1CCOC1C(=O)N(CCCBr)C1CCC1. The Morgan fingerprint density at radius 1 is 1.41 bits per heavy atom. The fraction of sp³-hybridized carbons (Fsp3) is 0.923. The molecule has 0 aromatic rings. The van der Waals surface area contributed by atoms with Gasteiger partial charge in [-0.15, -0.1) is 0 Å². The lowest BCUT2D eigenvalue weighted by molar-refractivity contribution is -0.146. The molecule has 1 saturated carbocycles. The zero-order chi connectivity index (χ0) is 12.3. The van der Waals surface area contributed by atoms with E-state index in [1.807, 2.05) is 0 Å². The second-order valence-corrected chi connectivity index (χ2v) is 6.01. The average Bonchev–Trinajstić information content (AvgIpc) is 2.67. The van der Waals surface area contributed by atoms with Gasteiger partial charge in [-0.25, -0.2) is 0 Å². The van der Waals surface area contributed by atoms with Crippen molar-refractivity contribution in [2.24, 2.45) is 5.92 Å². The molecule has 2 atom stereocenters. The highest BCUT2D eigenvalue weighted by Crippen LogP contribution is 2.29. The molecule has 0 radical (unpaired) electrons. The predicted octanol–water partition coefficient (Wildman–Crippen LogP) is 2.58. The largest absolute Gasteiger partial charge is 0.368 e. The Morgan fingerprint density at radius 3 is 2.65 bits per heavy atom. The second kappa shape index (κ2) is 6.19. The van der Waals surface area contributed by atoms with Crippen LogP contribution in [0, 0.1) is 5.92 Å². The van der Waals surface area contributed by atoms with Crippen LogP contribution in [0.15, 0.2) is 0 Å². The van der Waals surface area contributed by atoms with Crippen molar-refractivity contribution < 1.29 is 9.53 Å². The minimum Gasteiger partial charge on any atom is -0.368 e. The Morgan fingerprint density at radius 2 is 2.18 bits per heavy atom. The highest BCUT2D eigenvalue weighted by atomic mass is 79.9. The third kappa shape index (κ3) is 3.02. The van der Waals surface area contributed by atoms with Crippen molar-refractivity contribution in [1.82, 2.24) is 4.90 Å². The number of amides is 1. The summed E-state index contributed by atoms with van der Waals surface area (Å²) < 4.78 is 5.60. The molecule has 2 fully saturated rings. The smallest absolute Gasteiger partial charge is 0.252 e. The molecular weight excluding hydrogens is 282 g/mol. The van der Waals surface area contributed by atoms with E-state index in [0.717, 1.165) is 31.3 Å². The van der Waals surface area contributed by atoms with E-state index in [1.54, 1.807) is 0 Å². The maximum atomic E-state index is 12.5. The van der Waals surface area contributed by atoms with E-state index >= 15 is 0 Å². The lowest BCUT2D eigenvalue weighted by atomic mass is 9.90. The van der Waals surface area contributed by atoms with E-state index in [9.17, 15) is 4.79 Å². The molecule has 0 aromatic carbocycles. The van der Waals surface area contributed by atoms with Crippen molar-refractivity contribution in [2.75, 3.05) is 18.5 Å². The van der Waals surface area contributed by atoms with Crippen LogP contribution >= 0.6 is 15.9 Å². The first-order valence-corrected chi connectivity index (χ1v) is 7.84. The molecule has 0 bridgehead atoms. The molecule has 0 spiro atoms. The number of carbonyl (C=O) groups is 1. The lowest BCUT2D eigenvalue weighted by Crippen LogP contribution is -2.50. The molecule has 2 rings (SSSR count). The van der Waals surface area contributed by atoms with Crippen LogP contribution in [0.3, 0.4) is 0 Å². The van der Waals surface area contributed by atoms with E-state index in [0.29, 0.717) is 12.0 Å². The number of rotatable bonds is 5. The number of ether oxygens (including phenoxy) is 1. The zero-order valence-corrected chi connectivity index (χ0v) is 12.1. The van der Waals surface area contributed by atoms with E-state index < -0.39 is 0 Å². The summed E-state index contributed by atoms with van der Waals surface area (Å²) in [6, 6.07) is 0.484. The summed E-state index contributed by atoms with van der Waals surface area (Å²) in [4.78, 5) is 14.6. The van der Waals surface area contributed by atoms with E-state index in [2.05, 4.69) is 27.8 Å². The van der Waals surface area contributed by atoms with Crippen LogP contribution in [-0.2, 0) is 9.53 Å². The molecule has 98 valence electrons. The minimum atomic E-state index is -0.175. The molecule has 0 N–H and O–H groups in total. The summed E-state index contributed by atoms with van der Waals surface area (Å²) in [5.74, 6) is 0.620. The standard InChI is InChI=1S/C13H22BrNO2/c1-10-6-9-17-12(10)13(16)15(8-3-7-14)11-4-2-5-11/h10-12H,2-9H2,1H3. The third-order valence-corrected chi connectivity index (χ3v) is 4.52. The van der Waals surface area contributed by atoms with Crippen LogP contribution in [0.25, 0.3) is 0 Å². The molecule has 1 aliphatic heterocycles. The van der Waals surface area contributed by atoms with Gasteiger partial charge in [-0.05, 0) is 38.0 Å². The molecule has 1 amide bonds. The first kappa shape index (κ1) is 13.3. The molecule has 4 heteroatoms. The fourth-order valence-electron chi connectivity index (χ4n) is 2.58. The first-order chi connectivity index (χ1) is 8.24. The monoisotopic (exact) mass is 303 g/mol. The van der Waals surface area contributed by atoms with Crippen LogP contribution in [0.4, 0.5) is 0 Å². The number of alkyl halides is 1. The van der Waals surface area contributed by atoms with Gasteiger partial charge in [0.15, 0.2) is 0 Å². The van der Waals surface area contributed by atoms with Crippen LogP contribution in [-0.4, -0.2) is 41.4 Å². The molecule has 1 heterocycles. The topological polar surface area (TPSA) is 29.5 Å². The summed E-state index contributed by atoms with van der Waals surface area (Å²) in [6.45, 7) is 3.74. The third-order valence-electron chi connectivity index (χ3n) is 3.96. The Bertz CT molecular complexity index is 268. The van der Waals surface area contributed by atoms with Crippen LogP contribution in [0.1, 0.15) is 39.0 Å². The van der Waals surface area contributed by atoms with Gasteiger partial charge in [-0.2, -0.15) is 0 Å². The van der Waals surface area contributed by atoms with Crippen LogP contribution in [0.5, 0.6) is 0 Å². The molecular formula is C13H22BrNO2. The van der Waals surface area contributed by atoms with E-state index in [-0.39, 0.29) is 12.0 Å².